The van der Waals surface area contributed by atoms with E-state index < -0.39 is 20.9 Å². The molecule has 0 heterocycles. The first-order valence-electron chi connectivity index (χ1n) is 6.58. The normalized spacial score (nSPS) is 11.2. The Labute approximate surface area is 138 Å². The molecule has 0 unspecified atom stereocenters. The fourth-order valence-corrected chi connectivity index (χ4v) is 3.14. The molecule has 0 aliphatic carbocycles. The lowest BCUT2D eigenvalue weighted by atomic mass is 10.3. The summed E-state index contributed by atoms with van der Waals surface area (Å²) < 4.78 is 31.1. The van der Waals surface area contributed by atoms with Gasteiger partial charge in [0.1, 0.15) is 4.90 Å². The summed E-state index contributed by atoms with van der Waals surface area (Å²) in [5.41, 5.74) is -0.301. The summed E-state index contributed by atoms with van der Waals surface area (Å²) in [5.74, 6) is -0.436. The highest BCUT2D eigenvalue weighted by atomic mass is 35.5. The van der Waals surface area contributed by atoms with Crippen LogP contribution in [0.2, 0.25) is 5.02 Å². The van der Waals surface area contributed by atoms with Gasteiger partial charge >= 0.3 is 5.97 Å². The molecule has 0 radical (unpaired) electrons. The van der Waals surface area contributed by atoms with Crippen molar-refractivity contribution in [2.75, 3.05) is 26.2 Å². The van der Waals surface area contributed by atoms with Crippen molar-refractivity contribution >= 4 is 33.3 Å². The predicted molar refractivity (Wildman–Crippen MR) is 82.8 cm³/mol. The van der Waals surface area contributed by atoms with Gasteiger partial charge in [0, 0.05) is 25.2 Å². The lowest BCUT2D eigenvalue weighted by Crippen LogP contribution is -2.34. The second kappa shape index (κ2) is 8.77. The molecule has 0 amide bonds. The molecule has 128 valence electrons. The molecule has 0 saturated carbocycles. The smallest absolute Gasteiger partial charge is 0.319 e. The number of nitro groups is 1. The molecular formula is C12H16ClN3O6S. The van der Waals surface area contributed by atoms with Gasteiger partial charge in [0.05, 0.1) is 23.1 Å². The van der Waals surface area contributed by atoms with Gasteiger partial charge in [-0.1, -0.05) is 11.6 Å². The Kier molecular flexibility index (Phi) is 7.36. The summed E-state index contributed by atoms with van der Waals surface area (Å²) in [6.45, 7) is 2.12. The first-order chi connectivity index (χ1) is 10.8. The van der Waals surface area contributed by atoms with E-state index >= 15 is 0 Å². The van der Waals surface area contributed by atoms with E-state index in [1.807, 2.05) is 0 Å². The fraction of sp³-hybridized carbons (Fsp3) is 0.417. The van der Waals surface area contributed by atoms with E-state index in [4.69, 9.17) is 16.3 Å². The first kappa shape index (κ1) is 19.3. The number of carbonyl (C=O) groups excluding carboxylic acids is 1. The molecule has 1 rings (SSSR count). The van der Waals surface area contributed by atoms with Crippen LogP contribution in [0, 0.1) is 10.1 Å². The zero-order chi connectivity index (χ0) is 17.5. The molecule has 11 heteroatoms. The molecular weight excluding hydrogens is 350 g/mol. The van der Waals surface area contributed by atoms with Gasteiger partial charge in [0.2, 0.25) is 10.0 Å². The zero-order valence-electron chi connectivity index (χ0n) is 12.2. The van der Waals surface area contributed by atoms with E-state index in [1.54, 1.807) is 6.92 Å². The van der Waals surface area contributed by atoms with Crippen LogP contribution in [-0.2, 0) is 19.6 Å². The van der Waals surface area contributed by atoms with Crippen molar-refractivity contribution in [1.82, 2.24) is 10.0 Å². The number of rotatable bonds is 9. The topological polar surface area (TPSA) is 128 Å². The zero-order valence-corrected chi connectivity index (χ0v) is 13.8. The van der Waals surface area contributed by atoms with Crippen molar-refractivity contribution in [3.8, 4) is 0 Å². The van der Waals surface area contributed by atoms with Gasteiger partial charge in [-0.25, -0.2) is 13.1 Å². The van der Waals surface area contributed by atoms with Gasteiger partial charge in [0.25, 0.3) is 5.69 Å². The molecule has 9 nitrogen and oxygen atoms in total. The van der Waals surface area contributed by atoms with Gasteiger partial charge in [-0.15, -0.1) is 0 Å². The Bertz CT molecular complexity index is 679. The Hall–Kier alpha value is -1.75. The van der Waals surface area contributed by atoms with Crippen LogP contribution in [0.25, 0.3) is 0 Å². The SMILES string of the molecule is CCOC(=O)CNCCNS(=O)(=O)c1ccc([N+](=O)[O-])cc1Cl. The number of nitrogens with zero attached hydrogens (tertiary/aromatic N) is 1. The number of carbonyl (C=O) groups is 1. The monoisotopic (exact) mass is 365 g/mol. The number of benzene rings is 1. The van der Waals surface area contributed by atoms with Gasteiger partial charge in [-0.05, 0) is 13.0 Å². The summed E-state index contributed by atoms with van der Waals surface area (Å²) in [6, 6.07) is 3.09. The van der Waals surface area contributed by atoms with Crippen molar-refractivity contribution in [1.29, 1.82) is 0 Å². The number of hydrogen-bond acceptors (Lipinski definition) is 7. The van der Waals surface area contributed by atoms with Gasteiger partial charge in [0.15, 0.2) is 0 Å². The first-order valence-corrected chi connectivity index (χ1v) is 8.44. The molecule has 2 N–H and O–H groups in total. The minimum Gasteiger partial charge on any atom is -0.465 e. The van der Waals surface area contributed by atoms with Crippen LogP contribution in [0.1, 0.15) is 6.92 Å². The lowest BCUT2D eigenvalue weighted by molar-refractivity contribution is -0.384. The minimum atomic E-state index is -3.91. The summed E-state index contributed by atoms with van der Waals surface area (Å²) in [4.78, 5) is 20.7. The van der Waals surface area contributed by atoms with E-state index in [-0.39, 0.29) is 41.8 Å². The Morgan fingerprint density at radius 3 is 2.65 bits per heavy atom. The second-order valence-corrected chi connectivity index (χ2v) is 6.39. The number of sulfonamides is 1. The highest BCUT2D eigenvalue weighted by Gasteiger charge is 2.20. The van der Waals surface area contributed by atoms with E-state index in [9.17, 15) is 23.3 Å². The van der Waals surface area contributed by atoms with Crippen molar-refractivity contribution in [3.05, 3.63) is 33.3 Å². The molecule has 1 aromatic rings. The number of halogens is 1. The van der Waals surface area contributed by atoms with Gasteiger partial charge in [-0.3, -0.25) is 14.9 Å². The summed E-state index contributed by atoms with van der Waals surface area (Å²) >= 11 is 5.77. The number of esters is 1. The maximum absolute atomic E-state index is 12.0. The predicted octanol–water partition coefficient (Wildman–Crippen LogP) is 0.679. The molecule has 0 atom stereocenters. The molecule has 0 bridgehead atoms. The van der Waals surface area contributed by atoms with Crippen LogP contribution in [0.5, 0.6) is 0 Å². The van der Waals surface area contributed by atoms with Crippen LogP contribution in [0.4, 0.5) is 5.69 Å². The average Bonchev–Trinajstić information content (AvgIpc) is 2.46. The van der Waals surface area contributed by atoms with Crippen molar-refractivity contribution in [2.45, 2.75) is 11.8 Å². The molecule has 0 fully saturated rings. The van der Waals surface area contributed by atoms with E-state index in [0.29, 0.717) is 0 Å². The standard InChI is InChI=1S/C12H16ClN3O6S/c1-2-22-12(17)8-14-5-6-15-23(20,21)11-4-3-9(16(18)19)7-10(11)13/h3-4,7,14-15H,2,5-6,8H2,1H3. The van der Waals surface area contributed by atoms with Gasteiger partial charge in [-0.2, -0.15) is 0 Å². The summed E-state index contributed by atoms with van der Waals surface area (Å²) in [7, 11) is -3.91. The fourth-order valence-electron chi connectivity index (χ4n) is 1.58. The number of nitrogens with one attached hydrogen (secondary N) is 2. The van der Waals surface area contributed by atoms with Crippen molar-refractivity contribution < 1.29 is 22.9 Å². The van der Waals surface area contributed by atoms with Crippen LogP contribution in [0.15, 0.2) is 23.1 Å². The van der Waals surface area contributed by atoms with E-state index in [1.165, 1.54) is 0 Å². The molecule has 0 spiro atoms. The maximum atomic E-state index is 12.0. The Morgan fingerprint density at radius 2 is 2.09 bits per heavy atom. The Balaban J connectivity index is 2.56. The lowest BCUT2D eigenvalue weighted by Gasteiger charge is -2.09. The van der Waals surface area contributed by atoms with Crippen LogP contribution in [-0.4, -0.2) is 45.6 Å². The summed E-state index contributed by atoms with van der Waals surface area (Å²) in [5, 5.41) is 13.1. The largest absolute Gasteiger partial charge is 0.465 e. The Morgan fingerprint density at radius 1 is 1.39 bits per heavy atom. The maximum Gasteiger partial charge on any atom is 0.319 e. The molecule has 23 heavy (non-hydrogen) atoms. The summed E-state index contributed by atoms with van der Waals surface area (Å²) in [6.07, 6.45) is 0. The van der Waals surface area contributed by atoms with Crippen LogP contribution in [0.3, 0.4) is 0 Å². The average molecular weight is 366 g/mol. The van der Waals surface area contributed by atoms with Crippen molar-refractivity contribution in [2.24, 2.45) is 0 Å². The van der Waals surface area contributed by atoms with Crippen LogP contribution >= 0.6 is 11.6 Å². The van der Waals surface area contributed by atoms with Crippen LogP contribution < -0.4 is 10.0 Å². The molecule has 0 aliphatic heterocycles. The number of ether oxygens (including phenoxy) is 1. The molecule has 0 saturated heterocycles. The van der Waals surface area contributed by atoms with Gasteiger partial charge < -0.3 is 10.1 Å². The third-order valence-electron chi connectivity index (χ3n) is 2.58. The molecule has 1 aromatic carbocycles. The van der Waals surface area contributed by atoms with Crippen molar-refractivity contribution in [3.63, 3.8) is 0 Å². The number of hydrogen-bond donors (Lipinski definition) is 2. The molecule has 0 aliphatic rings. The number of nitro benzene ring substituents is 1. The third-order valence-corrected chi connectivity index (χ3v) is 4.53. The third kappa shape index (κ3) is 6.10. The molecule has 0 aromatic heterocycles. The number of non-ortho nitro benzene ring substituents is 1. The highest BCUT2D eigenvalue weighted by molar-refractivity contribution is 7.89. The quantitative estimate of drug-likeness (QED) is 0.285. The highest BCUT2D eigenvalue weighted by Crippen LogP contribution is 2.25. The van der Waals surface area contributed by atoms with E-state index in [2.05, 4.69) is 10.0 Å². The minimum absolute atomic E-state index is 0.00898. The second-order valence-electron chi connectivity index (χ2n) is 4.25. The van der Waals surface area contributed by atoms with E-state index in [0.717, 1.165) is 18.2 Å².